The number of carbonyl (C=O) groups excluding carboxylic acids is 1. The zero-order chi connectivity index (χ0) is 26.3. The first-order valence-corrected chi connectivity index (χ1v) is 12.5. The molecule has 12 heteroatoms. The summed E-state index contributed by atoms with van der Waals surface area (Å²) in [6.07, 6.45) is 2.72. The predicted octanol–water partition coefficient (Wildman–Crippen LogP) is 2.41. The highest BCUT2D eigenvalue weighted by Crippen LogP contribution is 2.28. The molecular weight excluding hydrogens is 466 g/mol. The number of nitrogens with two attached hydrogens (primary N) is 1. The van der Waals surface area contributed by atoms with E-state index in [1.165, 1.54) is 0 Å². The summed E-state index contributed by atoms with van der Waals surface area (Å²) in [5.41, 5.74) is 6.78. The van der Waals surface area contributed by atoms with Crippen LogP contribution in [0.5, 0.6) is 12.0 Å². The van der Waals surface area contributed by atoms with Crippen molar-refractivity contribution >= 4 is 23.1 Å². The van der Waals surface area contributed by atoms with Gasteiger partial charge in [-0.05, 0) is 65.6 Å². The first kappa shape index (κ1) is 27.7. The Balaban J connectivity index is 1.54. The second-order valence-electron chi connectivity index (χ2n) is 10.2. The SMILES string of the molecule is COCCOc1nc(N)c2nc(OC)n(CC3CCN(CCCN(C)C(=O)OC(C)(C)C)CC3)c2n1. The van der Waals surface area contributed by atoms with Gasteiger partial charge in [0.25, 0.3) is 6.01 Å². The molecule has 0 aromatic carbocycles. The van der Waals surface area contributed by atoms with Crippen LogP contribution in [0.3, 0.4) is 0 Å². The first-order valence-electron chi connectivity index (χ1n) is 12.5. The molecule has 2 aromatic rings. The van der Waals surface area contributed by atoms with Gasteiger partial charge in [-0.15, -0.1) is 0 Å². The number of piperidine rings is 1. The van der Waals surface area contributed by atoms with Crippen LogP contribution in [-0.4, -0.2) is 102 Å². The van der Waals surface area contributed by atoms with Gasteiger partial charge < -0.3 is 34.5 Å². The minimum absolute atomic E-state index is 0.201. The van der Waals surface area contributed by atoms with Gasteiger partial charge in [0.1, 0.15) is 12.2 Å². The van der Waals surface area contributed by atoms with E-state index in [1.54, 1.807) is 26.2 Å². The average molecular weight is 508 g/mol. The molecule has 3 rings (SSSR count). The number of nitrogen functional groups attached to an aromatic ring is 1. The summed E-state index contributed by atoms with van der Waals surface area (Å²) in [5.74, 6) is 0.710. The molecule has 2 N–H and O–H groups in total. The number of likely N-dealkylation sites (tertiary alicyclic amines) is 1. The lowest BCUT2D eigenvalue weighted by atomic mass is 9.96. The van der Waals surface area contributed by atoms with Crippen molar-refractivity contribution in [3.8, 4) is 12.0 Å². The fraction of sp³-hybridized carbons (Fsp3) is 0.750. The lowest BCUT2D eigenvalue weighted by molar-refractivity contribution is 0.0291. The standard InChI is InChI=1S/C24H41N7O5/c1-24(2,3)36-23(32)29(4)10-7-11-30-12-8-17(9-13-30)16-31-20-18(26-22(31)34-6)19(25)27-21(28-20)35-15-14-33-5/h17H,7-16H2,1-6H3,(H2,25,27,28). The van der Waals surface area contributed by atoms with E-state index in [0.717, 1.165) is 45.4 Å². The van der Waals surface area contributed by atoms with Gasteiger partial charge in [-0.1, -0.05) is 0 Å². The average Bonchev–Trinajstić information content (AvgIpc) is 3.17. The molecule has 12 nitrogen and oxygen atoms in total. The second kappa shape index (κ2) is 12.4. The fourth-order valence-electron chi connectivity index (χ4n) is 4.20. The molecule has 1 aliphatic heterocycles. The van der Waals surface area contributed by atoms with Crippen LogP contribution in [-0.2, 0) is 16.0 Å². The minimum atomic E-state index is -0.479. The monoisotopic (exact) mass is 507 g/mol. The highest BCUT2D eigenvalue weighted by molar-refractivity contribution is 5.83. The van der Waals surface area contributed by atoms with E-state index in [-0.39, 0.29) is 17.9 Å². The molecule has 0 saturated carbocycles. The Hall–Kier alpha value is -2.86. The molecule has 1 saturated heterocycles. The maximum absolute atomic E-state index is 12.1. The van der Waals surface area contributed by atoms with Crippen LogP contribution in [0.4, 0.5) is 10.6 Å². The number of fused-ring (bicyclic) bond motifs is 1. The van der Waals surface area contributed by atoms with Gasteiger partial charge in [-0.3, -0.25) is 4.57 Å². The minimum Gasteiger partial charge on any atom is -0.468 e. The molecular formula is C24H41N7O5. The Labute approximate surface area is 213 Å². The highest BCUT2D eigenvalue weighted by Gasteiger charge is 2.25. The number of amides is 1. The number of hydrogen-bond acceptors (Lipinski definition) is 10. The molecule has 1 amide bonds. The predicted molar refractivity (Wildman–Crippen MR) is 136 cm³/mol. The molecule has 0 aliphatic carbocycles. The third-order valence-corrected chi connectivity index (χ3v) is 6.09. The van der Waals surface area contributed by atoms with Crippen LogP contribution in [0.2, 0.25) is 0 Å². The van der Waals surface area contributed by atoms with Crippen LogP contribution in [0.25, 0.3) is 11.2 Å². The lowest BCUT2D eigenvalue weighted by Gasteiger charge is -2.32. The second-order valence-corrected chi connectivity index (χ2v) is 10.2. The van der Waals surface area contributed by atoms with Gasteiger partial charge in [-0.2, -0.15) is 15.0 Å². The van der Waals surface area contributed by atoms with Crippen LogP contribution < -0.4 is 15.2 Å². The van der Waals surface area contributed by atoms with Crippen LogP contribution >= 0.6 is 0 Å². The Morgan fingerprint density at radius 3 is 2.50 bits per heavy atom. The topological polar surface area (TPSA) is 130 Å². The Bertz CT molecular complexity index is 999. The third-order valence-electron chi connectivity index (χ3n) is 6.09. The summed E-state index contributed by atoms with van der Waals surface area (Å²) in [6.45, 7) is 10.7. The Kier molecular flexibility index (Phi) is 9.55. The van der Waals surface area contributed by atoms with Crippen molar-refractivity contribution in [1.82, 2.24) is 29.3 Å². The molecule has 202 valence electrons. The molecule has 0 bridgehead atoms. The molecule has 1 aliphatic rings. The van der Waals surface area contributed by atoms with E-state index in [0.29, 0.717) is 42.9 Å². The van der Waals surface area contributed by atoms with E-state index in [9.17, 15) is 4.79 Å². The number of rotatable bonds is 11. The quantitative estimate of drug-likeness (QED) is 0.452. The van der Waals surface area contributed by atoms with Crippen molar-refractivity contribution in [3.05, 3.63) is 0 Å². The van der Waals surface area contributed by atoms with Gasteiger partial charge in [0.15, 0.2) is 17.0 Å². The maximum Gasteiger partial charge on any atom is 0.410 e. The highest BCUT2D eigenvalue weighted by atomic mass is 16.6. The molecule has 0 radical (unpaired) electrons. The number of hydrogen-bond donors (Lipinski definition) is 1. The molecule has 3 heterocycles. The Morgan fingerprint density at radius 1 is 1.14 bits per heavy atom. The van der Waals surface area contributed by atoms with Crippen molar-refractivity contribution in [2.24, 2.45) is 5.92 Å². The van der Waals surface area contributed by atoms with Gasteiger partial charge in [0, 0.05) is 27.2 Å². The summed E-state index contributed by atoms with van der Waals surface area (Å²) < 4.78 is 23.5. The van der Waals surface area contributed by atoms with Gasteiger partial charge in [0.2, 0.25) is 0 Å². The van der Waals surface area contributed by atoms with E-state index in [4.69, 9.17) is 24.7 Å². The number of methoxy groups -OCH3 is 2. The molecule has 2 aromatic heterocycles. The van der Waals surface area contributed by atoms with Crippen molar-refractivity contribution < 1.29 is 23.7 Å². The number of ether oxygens (including phenoxy) is 4. The Morgan fingerprint density at radius 2 is 1.86 bits per heavy atom. The number of aromatic nitrogens is 4. The summed E-state index contributed by atoms with van der Waals surface area (Å²) in [4.78, 5) is 29.5. The van der Waals surface area contributed by atoms with Crippen molar-refractivity contribution in [2.75, 3.05) is 66.4 Å². The fourth-order valence-corrected chi connectivity index (χ4v) is 4.20. The van der Waals surface area contributed by atoms with E-state index in [2.05, 4.69) is 19.9 Å². The summed E-state index contributed by atoms with van der Waals surface area (Å²) in [6, 6.07) is 0.666. The molecule has 36 heavy (non-hydrogen) atoms. The summed E-state index contributed by atoms with van der Waals surface area (Å²) in [5, 5.41) is 0. The maximum atomic E-state index is 12.1. The largest absolute Gasteiger partial charge is 0.468 e. The van der Waals surface area contributed by atoms with Crippen molar-refractivity contribution in [2.45, 2.75) is 52.2 Å². The normalized spacial score (nSPS) is 15.3. The molecule has 0 atom stereocenters. The number of anilines is 1. The number of imidazole rings is 1. The zero-order valence-corrected chi connectivity index (χ0v) is 22.5. The lowest BCUT2D eigenvalue weighted by Crippen LogP contribution is -2.38. The van der Waals surface area contributed by atoms with E-state index < -0.39 is 5.60 Å². The number of carbonyl (C=O) groups is 1. The zero-order valence-electron chi connectivity index (χ0n) is 22.5. The van der Waals surface area contributed by atoms with Gasteiger partial charge in [0.05, 0.1) is 13.7 Å². The van der Waals surface area contributed by atoms with Gasteiger partial charge >= 0.3 is 12.1 Å². The van der Waals surface area contributed by atoms with Crippen LogP contribution in [0, 0.1) is 5.92 Å². The molecule has 1 fully saturated rings. The van der Waals surface area contributed by atoms with Crippen LogP contribution in [0.15, 0.2) is 0 Å². The smallest absolute Gasteiger partial charge is 0.410 e. The molecule has 0 unspecified atom stereocenters. The summed E-state index contributed by atoms with van der Waals surface area (Å²) in [7, 11) is 4.98. The number of nitrogens with zero attached hydrogens (tertiary/aromatic N) is 6. The summed E-state index contributed by atoms with van der Waals surface area (Å²) >= 11 is 0. The molecule has 0 spiro atoms. The van der Waals surface area contributed by atoms with Crippen molar-refractivity contribution in [3.63, 3.8) is 0 Å². The third kappa shape index (κ3) is 7.57. The van der Waals surface area contributed by atoms with Crippen LogP contribution in [0.1, 0.15) is 40.0 Å². The van der Waals surface area contributed by atoms with E-state index in [1.807, 2.05) is 25.3 Å². The van der Waals surface area contributed by atoms with Crippen molar-refractivity contribution in [1.29, 1.82) is 0 Å². The first-order chi connectivity index (χ1) is 17.1. The van der Waals surface area contributed by atoms with E-state index >= 15 is 0 Å². The van der Waals surface area contributed by atoms with Gasteiger partial charge in [-0.25, -0.2) is 4.79 Å².